The van der Waals surface area contributed by atoms with Crippen molar-refractivity contribution in [2.45, 2.75) is 59.2 Å². The van der Waals surface area contributed by atoms with Gasteiger partial charge in [0.05, 0.1) is 10.8 Å². The van der Waals surface area contributed by atoms with Crippen molar-refractivity contribution in [2.75, 3.05) is 0 Å². The SMILES string of the molecule is [2H]C([2H])([2H])c1cc(C(C)(C)C)[o+]c(C(C)(C)C)c1. The van der Waals surface area contributed by atoms with Crippen LogP contribution in [-0.2, 0) is 10.8 Å². The summed E-state index contributed by atoms with van der Waals surface area (Å²) < 4.78 is 28.6. The molecule has 0 fully saturated rings. The normalized spacial score (nSPS) is 16.8. The summed E-state index contributed by atoms with van der Waals surface area (Å²) in [4.78, 5) is 0. The Morgan fingerprint density at radius 2 is 1.33 bits per heavy atom. The average Bonchev–Trinajstić information content (AvgIpc) is 2.13. The molecule has 0 aliphatic rings. The molecular weight excluding hydrogens is 184 g/mol. The zero-order valence-corrected chi connectivity index (χ0v) is 10.6. The zero-order valence-electron chi connectivity index (χ0n) is 13.6. The Balaban J connectivity index is 3.49. The van der Waals surface area contributed by atoms with Crippen molar-refractivity contribution in [3.05, 3.63) is 29.2 Å². The second kappa shape index (κ2) is 3.62. The van der Waals surface area contributed by atoms with E-state index in [0.717, 1.165) is 0 Å². The van der Waals surface area contributed by atoms with E-state index < -0.39 is 6.85 Å². The second-order valence-electron chi connectivity index (χ2n) is 6.07. The van der Waals surface area contributed by atoms with Crippen LogP contribution in [0.5, 0.6) is 0 Å². The largest absolute Gasteiger partial charge is 0.334 e. The molecule has 84 valence electrons. The third kappa shape index (κ3) is 3.05. The minimum absolute atomic E-state index is 0.207. The van der Waals surface area contributed by atoms with Gasteiger partial charge in [-0.2, -0.15) is 0 Å². The van der Waals surface area contributed by atoms with Gasteiger partial charge >= 0.3 is 11.5 Å². The molecule has 1 heterocycles. The van der Waals surface area contributed by atoms with E-state index in [1.165, 1.54) is 0 Å². The topological polar surface area (TPSA) is 11.3 Å². The van der Waals surface area contributed by atoms with Crippen LogP contribution in [0.1, 0.15) is 62.7 Å². The maximum atomic E-state index is 7.57. The molecule has 0 radical (unpaired) electrons. The van der Waals surface area contributed by atoms with Crippen LogP contribution in [0, 0.1) is 6.85 Å². The summed E-state index contributed by atoms with van der Waals surface area (Å²) in [5, 5.41) is 0. The molecule has 0 aliphatic heterocycles. The lowest BCUT2D eigenvalue weighted by molar-refractivity contribution is 0.328. The van der Waals surface area contributed by atoms with Gasteiger partial charge in [0.2, 0.25) is 0 Å². The molecule has 1 nitrogen and oxygen atoms in total. The molecule has 0 saturated heterocycles. The number of aryl methyl sites for hydroxylation is 1. The quantitative estimate of drug-likeness (QED) is 0.575. The van der Waals surface area contributed by atoms with E-state index in [9.17, 15) is 0 Å². The first-order valence-electron chi connectivity index (χ1n) is 6.81. The lowest BCUT2D eigenvalue weighted by Crippen LogP contribution is -2.16. The van der Waals surface area contributed by atoms with Crippen molar-refractivity contribution < 1.29 is 8.53 Å². The van der Waals surface area contributed by atoms with Crippen LogP contribution >= 0.6 is 0 Å². The lowest BCUT2D eigenvalue weighted by Gasteiger charge is -2.13. The molecule has 0 N–H and O–H groups in total. The molecule has 0 aromatic carbocycles. The Morgan fingerprint density at radius 3 is 1.60 bits per heavy atom. The number of rotatable bonds is 0. The van der Waals surface area contributed by atoms with E-state index in [0.29, 0.717) is 17.1 Å². The minimum atomic E-state index is -2.10. The molecule has 0 unspecified atom stereocenters. The summed E-state index contributed by atoms with van der Waals surface area (Å²) in [7, 11) is 0. The van der Waals surface area contributed by atoms with Crippen LogP contribution in [0.15, 0.2) is 16.5 Å². The smallest absolute Gasteiger partial charge is 0.217 e. The fraction of sp³-hybridized carbons (Fsp3) is 0.643. The monoisotopic (exact) mass is 210 g/mol. The van der Waals surface area contributed by atoms with Crippen LogP contribution in [0.25, 0.3) is 0 Å². The first kappa shape index (κ1) is 8.32. The fourth-order valence-corrected chi connectivity index (χ4v) is 1.24. The molecule has 1 aromatic rings. The van der Waals surface area contributed by atoms with Gasteiger partial charge in [-0.3, -0.25) is 0 Å². The molecule has 1 rings (SSSR count). The van der Waals surface area contributed by atoms with Gasteiger partial charge in [0.25, 0.3) is 0 Å². The van der Waals surface area contributed by atoms with Gasteiger partial charge in [-0.15, -0.1) is 0 Å². The Labute approximate surface area is 97.7 Å². The standard InChI is InChI=1S/C14H23O/c1-10-8-11(13(2,3)4)15-12(9-10)14(5,6)7/h8-9H,1-7H3/q+1/i1D3. The third-order valence-electron chi connectivity index (χ3n) is 2.27. The Bertz CT molecular complexity index is 355. The molecule has 1 aromatic heterocycles. The second-order valence-corrected chi connectivity index (χ2v) is 6.07. The molecule has 0 saturated carbocycles. The zero-order chi connectivity index (χ0) is 14.4. The van der Waals surface area contributed by atoms with Crippen molar-refractivity contribution in [3.8, 4) is 0 Å². The lowest BCUT2D eigenvalue weighted by atomic mass is 9.89. The van der Waals surface area contributed by atoms with Gasteiger partial charge in [0.15, 0.2) is 0 Å². The third-order valence-corrected chi connectivity index (χ3v) is 2.27. The van der Waals surface area contributed by atoms with Gasteiger partial charge in [-0.25, -0.2) is 4.42 Å². The van der Waals surface area contributed by atoms with Gasteiger partial charge in [0.1, 0.15) is 0 Å². The van der Waals surface area contributed by atoms with E-state index >= 15 is 0 Å². The summed E-state index contributed by atoms with van der Waals surface area (Å²) >= 11 is 0. The Morgan fingerprint density at radius 1 is 0.933 bits per heavy atom. The van der Waals surface area contributed by atoms with Crippen LogP contribution in [0.4, 0.5) is 0 Å². The van der Waals surface area contributed by atoms with Gasteiger partial charge in [0, 0.05) is 16.2 Å². The highest BCUT2D eigenvalue weighted by molar-refractivity contribution is 5.23. The van der Waals surface area contributed by atoms with Crippen LogP contribution < -0.4 is 0 Å². The first-order chi connectivity index (χ1) is 7.82. The predicted octanol–water partition coefficient (Wildman–Crippen LogP) is 4.46. The first-order valence-corrected chi connectivity index (χ1v) is 5.31. The summed E-state index contributed by atoms with van der Waals surface area (Å²) in [5.74, 6) is 1.42. The number of hydrogen-bond acceptors (Lipinski definition) is 0. The molecule has 0 amide bonds. The van der Waals surface area contributed by atoms with Crippen molar-refractivity contribution in [3.63, 3.8) is 0 Å². The van der Waals surface area contributed by atoms with Crippen LogP contribution in [0.3, 0.4) is 0 Å². The summed E-state index contributed by atoms with van der Waals surface area (Å²) in [5.41, 5.74) is -0.0636. The maximum absolute atomic E-state index is 7.57. The molecular formula is C14H23O+. The summed E-state index contributed by atoms with van der Waals surface area (Å²) in [6.45, 7) is 9.99. The van der Waals surface area contributed by atoms with Gasteiger partial charge < -0.3 is 0 Å². The van der Waals surface area contributed by atoms with Crippen LogP contribution in [-0.4, -0.2) is 0 Å². The minimum Gasteiger partial charge on any atom is -0.217 e. The Kier molecular flexibility index (Phi) is 2.01. The van der Waals surface area contributed by atoms with Crippen molar-refractivity contribution in [1.82, 2.24) is 0 Å². The fourth-order valence-electron chi connectivity index (χ4n) is 1.24. The maximum Gasteiger partial charge on any atom is 0.334 e. The van der Waals surface area contributed by atoms with E-state index in [2.05, 4.69) is 0 Å². The molecule has 15 heavy (non-hydrogen) atoms. The molecule has 0 bridgehead atoms. The van der Waals surface area contributed by atoms with Crippen LogP contribution in [0.2, 0.25) is 0 Å². The van der Waals surface area contributed by atoms with E-state index in [4.69, 9.17) is 8.53 Å². The molecule has 1 heteroatoms. The molecule has 0 aliphatic carbocycles. The predicted molar refractivity (Wildman–Crippen MR) is 65.3 cm³/mol. The molecule has 0 atom stereocenters. The van der Waals surface area contributed by atoms with Gasteiger partial charge in [-0.05, 0) is 54.0 Å². The molecule has 0 spiro atoms. The van der Waals surface area contributed by atoms with E-state index in [1.807, 2.05) is 41.5 Å². The Hall–Kier alpha value is -0.850. The highest BCUT2D eigenvalue weighted by atomic mass is 16.3. The highest BCUT2D eigenvalue weighted by Crippen LogP contribution is 2.29. The van der Waals surface area contributed by atoms with Crippen molar-refractivity contribution >= 4 is 0 Å². The van der Waals surface area contributed by atoms with Crippen molar-refractivity contribution in [2.24, 2.45) is 0 Å². The summed E-state index contributed by atoms with van der Waals surface area (Å²) in [6.07, 6.45) is 0. The summed E-state index contributed by atoms with van der Waals surface area (Å²) in [6, 6.07) is 3.31. The van der Waals surface area contributed by atoms with Gasteiger partial charge in [-0.1, -0.05) is 0 Å². The van der Waals surface area contributed by atoms with E-state index in [-0.39, 0.29) is 10.8 Å². The van der Waals surface area contributed by atoms with Crippen molar-refractivity contribution in [1.29, 1.82) is 0 Å². The average molecular weight is 210 g/mol. The highest BCUT2D eigenvalue weighted by Gasteiger charge is 2.32. The number of hydrogen-bond donors (Lipinski definition) is 0. The van der Waals surface area contributed by atoms with E-state index in [1.54, 1.807) is 12.1 Å².